The van der Waals surface area contributed by atoms with Gasteiger partial charge in [0.15, 0.2) is 0 Å². The summed E-state index contributed by atoms with van der Waals surface area (Å²) in [7, 11) is 1.67. The average Bonchev–Trinajstić information content (AvgIpc) is 2.92. The van der Waals surface area contributed by atoms with Gasteiger partial charge in [-0.25, -0.2) is 0 Å². The van der Waals surface area contributed by atoms with Crippen LogP contribution in [0.2, 0.25) is 0 Å². The van der Waals surface area contributed by atoms with Gasteiger partial charge >= 0.3 is 0 Å². The third-order valence-corrected chi connectivity index (χ3v) is 6.34. The number of amides is 1. The van der Waals surface area contributed by atoms with Crippen LogP contribution >= 0.6 is 0 Å². The number of unbranched alkanes of at least 4 members (excludes halogenated alkanes) is 1. The first-order chi connectivity index (χ1) is 17.1. The van der Waals surface area contributed by atoms with Gasteiger partial charge in [-0.2, -0.15) is 0 Å². The van der Waals surface area contributed by atoms with E-state index < -0.39 is 0 Å². The number of carbonyl (C=O) groups excluding carboxylic acids is 1. The fourth-order valence-corrected chi connectivity index (χ4v) is 4.31. The molecule has 3 aromatic carbocycles. The zero-order chi connectivity index (χ0) is 24.6. The highest BCUT2D eigenvalue weighted by Gasteiger charge is 2.23. The number of methoxy groups -OCH3 is 1. The van der Waals surface area contributed by atoms with Gasteiger partial charge in [-0.3, -0.25) is 9.79 Å². The molecule has 0 saturated carbocycles. The SMILES string of the molecule is CCCCc1ccc(C([O-])=Nc2cccc(C(=O)N3CCN(c4ccccc4OC)CC3)c2)cc1. The summed E-state index contributed by atoms with van der Waals surface area (Å²) in [6.07, 6.45) is 3.29. The number of aliphatic imine (C=N–C) groups is 1. The van der Waals surface area contributed by atoms with Crippen LogP contribution in [0.5, 0.6) is 5.75 Å². The molecule has 0 radical (unpaired) electrons. The second-order valence-corrected chi connectivity index (χ2v) is 8.72. The second kappa shape index (κ2) is 11.6. The number of piperazine rings is 1. The molecule has 3 aromatic rings. The number of carbonyl (C=O) groups is 1. The monoisotopic (exact) mass is 470 g/mol. The lowest BCUT2D eigenvalue weighted by Crippen LogP contribution is -2.48. The lowest BCUT2D eigenvalue weighted by atomic mass is 10.1. The van der Waals surface area contributed by atoms with Crippen molar-refractivity contribution in [2.75, 3.05) is 38.2 Å². The number of nitrogens with zero attached hydrogens (tertiary/aromatic N) is 3. The highest BCUT2D eigenvalue weighted by Crippen LogP contribution is 2.28. The molecule has 0 aliphatic carbocycles. The van der Waals surface area contributed by atoms with E-state index in [0.717, 1.165) is 43.8 Å². The standard InChI is InChI=1S/C29H33N3O3/c1-3-4-8-22-13-15-23(16-14-22)28(33)30-25-10-7-9-24(21-25)29(34)32-19-17-31(18-20-32)26-11-5-6-12-27(26)35-2/h5-7,9-16,21H,3-4,8,17-20H2,1-2H3,(H,30,33)/p-1. The molecular formula is C29H32N3O3-. The van der Waals surface area contributed by atoms with Gasteiger partial charge in [0.25, 0.3) is 5.91 Å². The molecule has 4 rings (SSSR count). The largest absolute Gasteiger partial charge is 0.858 e. The van der Waals surface area contributed by atoms with Crippen molar-refractivity contribution in [3.05, 3.63) is 89.5 Å². The van der Waals surface area contributed by atoms with Crippen LogP contribution in [0.1, 0.15) is 41.3 Å². The third kappa shape index (κ3) is 6.01. The van der Waals surface area contributed by atoms with Crippen molar-refractivity contribution in [2.24, 2.45) is 4.99 Å². The van der Waals surface area contributed by atoms with Crippen LogP contribution in [-0.4, -0.2) is 50.0 Å². The summed E-state index contributed by atoms with van der Waals surface area (Å²) in [6.45, 7) is 4.84. The molecule has 1 aliphatic heterocycles. The normalized spacial score (nSPS) is 14.2. The molecule has 0 N–H and O–H groups in total. The number of aryl methyl sites for hydroxylation is 1. The Bertz CT molecular complexity index is 1170. The van der Waals surface area contributed by atoms with E-state index in [4.69, 9.17) is 4.74 Å². The molecule has 0 spiro atoms. The van der Waals surface area contributed by atoms with Crippen LogP contribution in [0, 0.1) is 0 Å². The van der Waals surface area contributed by atoms with E-state index >= 15 is 0 Å². The first kappa shape index (κ1) is 24.3. The van der Waals surface area contributed by atoms with Gasteiger partial charge in [0, 0.05) is 31.7 Å². The maximum atomic E-state index is 13.2. The van der Waals surface area contributed by atoms with Crippen LogP contribution in [0.15, 0.2) is 77.8 Å². The summed E-state index contributed by atoms with van der Waals surface area (Å²) in [5, 5.41) is 12.7. The fourth-order valence-electron chi connectivity index (χ4n) is 4.31. The molecule has 1 heterocycles. The Morgan fingerprint density at radius 2 is 1.69 bits per heavy atom. The minimum atomic E-state index is -0.304. The zero-order valence-electron chi connectivity index (χ0n) is 20.4. The van der Waals surface area contributed by atoms with E-state index in [1.54, 1.807) is 31.4 Å². The number of hydrogen-bond acceptors (Lipinski definition) is 5. The first-order valence-electron chi connectivity index (χ1n) is 12.2. The molecular weight excluding hydrogens is 438 g/mol. The van der Waals surface area contributed by atoms with E-state index in [0.29, 0.717) is 29.9 Å². The maximum Gasteiger partial charge on any atom is 0.254 e. The summed E-state index contributed by atoms with van der Waals surface area (Å²) in [5.41, 5.74) is 3.85. The maximum absolute atomic E-state index is 13.2. The fraction of sp³-hybridized carbons (Fsp3) is 0.310. The Morgan fingerprint density at radius 3 is 2.40 bits per heavy atom. The number of para-hydroxylation sites is 2. The molecule has 1 fully saturated rings. The lowest BCUT2D eigenvalue weighted by molar-refractivity contribution is -0.212. The van der Waals surface area contributed by atoms with E-state index in [2.05, 4.69) is 16.8 Å². The van der Waals surface area contributed by atoms with Crippen molar-refractivity contribution in [1.29, 1.82) is 0 Å². The molecule has 6 nitrogen and oxygen atoms in total. The molecule has 0 atom stereocenters. The molecule has 1 saturated heterocycles. The average molecular weight is 471 g/mol. The molecule has 0 bridgehead atoms. The van der Waals surface area contributed by atoms with Crippen molar-refractivity contribution in [1.82, 2.24) is 4.90 Å². The predicted octanol–water partition coefficient (Wildman–Crippen LogP) is 4.44. The molecule has 1 aliphatic rings. The van der Waals surface area contributed by atoms with Gasteiger partial charge in [-0.15, -0.1) is 0 Å². The van der Waals surface area contributed by atoms with Crippen LogP contribution in [-0.2, 0) is 6.42 Å². The topological polar surface area (TPSA) is 68.2 Å². The van der Waals surface area contributed by atoms with Crippen molar-refractivity contribution in [3.63, 3.8) is 0 Å². The van der Waals surface area contributed by atoms with Gasteiger partial charge in [-0.1, -0.05) is 55.8 Å². The summed E-state index contributed by atoms with van der Waals surface area (Å²) in [4.78, 5) is 21.5. The van der Waals surface area contributed by atoms with Crippen LogP contribution < -0.4 is 14.7 Å². The Balaban J connectivity index is 1.41. The van der Waals surface area contributed by atoms with E-state index in [1.807, 2.05) is 53.4 Å². The van der Waals surface area contributed by atoms with Crippen molar-refractivity contribution < 1.29 is 14.6 Å². The summed E-state index contributed by atoms with van der Waals surface area (Å²) >= 11 is 0. The number of hydrogen-bond donors (Lipinski definition) is 0. The highest BCUT2D eigenvalue weighted by atomic mass is 16.5. The van der Waals surface area contributed by atoms with Crippen LogP contribution in [0.4, 0.5) is 11.4 Å². The van der Waals surface area contributed by atoms with Gasteiger partial charge in [-0.05, 0) is 60.2 Å². The zero-order valence-corrected chi connectivity index (χ0v) is 20.4. The molecule has 0 aromatic heterocycles. The van der Waals surface area contributed by atoms with Gasteiger partial charge < -0.3 is 19.6 Å². The number of rotatable bonds is 8. The third-order valence-electron chi connectivity index (χ3n) is 6.34. The second-order valence-electron chi connectivity index (χ2n) is 8.72. The minimum Gasteiger partial charge on any atom is -0.858 e. The van der Waals surface area contributed by atoms with Crippen molar-refractivity contribution >= 4 is 23.2 Å². The summed E-state index contributed by atoms with van der Waals surface area (Å²) < 4.78 is 5.48. The van der Waals surface area contributed by atoms with Gasteiger partial charge in [0.05, 0.1) is 18.5 Å². The summed E-state index contributed by atoms with van der Waals surface area (Å²) in [5.74, 6) is 0.485. The number of ether oxygens (including phenoxy) is 1. The predicted molar refractivity (Wildman–Crippen MR) is 139 cm³/mol. The lowest BCUT2D eigenvalue weighted by Gasteiger charge is -2.36. The van der Waals surface area contributed by atoms with Crippen molar-refractivity contribution in [2.45, 2.75) is 26.2 Å². The minimum absolute atomic E-state index is 0.0468. The van der Waals surface area contributed by atoms with Crippen LogP contribution in [0.25, 0.3) is 0 Å². The molecule has 1 amide bonds. The molecule has 6 heteroatoms. The number of benzene rings is 3. The smallest absolute Gasteiger partial charge is 0.254 e. The van der Waals surface area contributed by atoms with Gasteiger partial charge in [0.2, 0.25) is 0 Å². The first-order valence-corrected chi connectivity index (χ1v) is 12.2. The Labute approximate surface area is 207 Å². The van der Waals surface area contributed by atoms with Gasteiger partial charge in [0.1, 0.15) is 5.75 Å². The quantitative estimate of drug-likeness (QED) is 0.361. The van der Waals surface area contributed by atoms with Crippen LogP contribution in [0.3, 0.4) is 0 Å². The number of anilines is 1. The Hall–Kier alpha value is -3.80. The molecule has 0 unspecified atom stereocenters. The van der Waals surface area contributed by atoms with E-state index in [9.17, 15) is 9.90 Å². The van der Waals surface area contributed by atoms with E-state index in [-0.39, 0.29) is 11.8 Å². The Kier molecular flexibility index (Phi) is 8.03. The molecule has 182 valence electrons. The molecule has 35 heavy (non-hydrogen) atoms. The van der Waals surface area contributed by atoms with E-state index in [1.165, 1.54) is 5.56 Å². The Morgan fingerprint density at radius 1 is 0.943 bits per heavy atom. The van der Waals surface area contributed by atoms with Crippen molar-refractivity contribution in [3.8, 4) is 5.75 Å². The highest BCUT2D eigenvalue weighted by molar-refractivity contribution is 5.96. The summed E-state index contributed by atoms with van der Waals surface area (Å²) in [6, 6.07) is 22.6.